The van der Waals surface area contributed by atoms with Gasteiger partial charge < -0.3 is 14.4 Å². The number of halogens is 2. The van der Waals surface area contributed by atoms with Gasteiger partial charge in [-0.25, -0.2) is 4.79 Å². The van der Waals surface area contributed by atoms with Crippen molar-refractivity contribution in [3.8, 4) is 5.75 Å². The first-order valence-electron chi connectivity index (χ1n) is 8.55. The summed E-state index contributed by atoms with van der Waals surface area (Å²) in [5.41, 5.74) is 0. The van der Waals surface area contributed by atoms with Crippen molar-refractivity contribution >= 4 is 35.1 Å². The van der Waals surface area contributed by atoms with Gasteiger partial charge in [0.05, 0.1) is 11.6 Å². The second-order valence-electron chi connectivity index (χ2n) is 6.46. The molecule has 3 rings (SSSR count). The van der Waals surface area contributed by atoms with Gasteiger partial charge in [0.25, 0.3) is 5.91 Å². The third-order valence-corrected chi connectivity index (χ3v) is 5.51. The molecule has 136 valence electrons. The van der Waals surface area contributed by atoms with E-state index in [0.717, 1.165) is 19.3 Å². The van der Waals surface area contributed by atoms with Crippen molar-refractivity contribution in [2.24, 2.45) is 11.8 Å². The van der Waals surface area contributed by atoms with Gasteiger partial charge in [-0.2, -0.15) is 0 Å². The highest BCUT2D eigenvalue weighted by molar-refractivity contribution is 6.35. The number of esters is 1. The molecule has 1 aromatic carbocycles. The molecule has 1 amide bonds. The van der Waals surface area contributed by atoms with Crippen LogP contribution in [0.15, 0.2) is 18.2 Å². The van der Waals surface area contributed by atoms with Crippen molar-refractivity contribution in [1.82, 2.24) is 4.90 Å². The number of hydrogen-bond acceptors (Lipinski definition) is 4. The maximum atomic E-state index is 12.7. The Morgan fingerprint density at radius 1 is 1.28 bits per heavy atom. The lowest BCUT2D eigenvalue weighted by molar-refractivity contribution is -0.155. The van der Waals surface area contributed by atoms with Crippen LogP contribution in [0.2, 0.25) is 10.0 Å². The monoisotopic (exact) mass is 385 g/mol. The van der Waals surface area contributed by atoms with Crippen molar-refractivity contribution in [3.63, 3.8) is 0 Å². The molecule has 0 bridgehead atoms. The van der Waals surface area contributed by atoms with E-state index < -0.39 is 6.04 Å². The van der Waals surface area contributed by atoms with Crippen LogP contribution in [-0.2, 0) is 14.3 Å². The maximum absolute atomic E-state index is 12.7. The molecule has 0 radical (unpaired) electrons. The van der Waals surface area contributed by atoms with Crippen molar-refractivity contribution < 1.29 is 19.1 Å². The van der Waals surface area contributed by atoms with Gasteiger partial charge >= 0.3 is 5.97 Å². The summed E-state index contributed by atoms with van der Waals surface area (Å²) >= 11 is 11.9. The summed E-state index contributed by atoms with van der Waals surface area (Å²) in [4.78, 5) is 26.7. The molecule has 0 unspecified atom stereocenters. The van der Waals surface area contributed by atoms with Crippen LogP contribution in [0.5, 0.6) is 5.75 Å². The van der Waals surface area contributed by atoms with Crippen molar-refractivity contribution in [1.29, 1.82) is 0 Å². The molecule has 7 heteroatoms. The van der Waals surface area contributed by atoms with Crippen molar-refractivity contribution in [2.75, 3.05) is 19.8 Å². The largest absolute Gasteiger partial charge is 0.482 e. The van der Waals surface area contributed by atoms with Crippen molar-refractivity contribution in [2.45, 2.75) is 32.2 Å². The lowest BCUT2D eigenvalue weighted by Gasteiger charge is -2.26. The molecule has 1 saturated heterocycles. The molecule has 1 aliphatic heterocycles. The number of benzene rings is 1. The summed E-state index contributed by atoms with van der Waals surface area (Å²) in [5.74, 6) is 0.430. The first-order valence-corrected chi connectivity index (χ1v) is 9.30. The number of amides is 1. The minimum Gasteiger partial charge on any atom is -0.482 e. The Morgan fingerprint density at radius 2 is 2.08 bits per heavy atom. The van der Waals surface area contributed by atoms with Crippen LogP contribution in [0, 0.1) is 11.8 Å². The molecule has 1 heterocycles. The Morgan fingerprint density at radius 3 is 2.80 bits per heavy atom. The Labute approximate surface area is 157 Å². The Bertz CT molecular complexity index is 666. The summed E-state index contributed by atoms with van der Waals surface area (Å²) in [7, 11) is 0. The molecule has 3 atom stereocenters. The van der Waals surface area contributed by atoms with Gasteiger partial charge in [-0.15, -0.1) is 0 Å². The topological polar surface area (TPSA) is 55.8 Å². The van der Waals surface area contributed by atoms with Crippen LogP contribution < -0.4 is 4.74 Å². The second kappa shape index (κ2) is 7.83. The zero-order valence-electron chi connectivity index (χ0n) is 14.0. The summed E-state index contributed by atoms with van der Waals surface area (Å²) < 4.78 is 10.7. The smallest absolute Gasteiger partial charge is 0.329 e. The Hall–Kier alpha value is -1.46. The molecular weight excluding hydrogens is 365 g/mol. The fourth-order valence-electron chi connectivity index (χ4n) is 3.91. The number of carbonyl (C=O) groups is 2. The molecule has 2 fully saturated rings. The zero-order chi connectivity index (χ0) is 18.0. The molecule has 0 N–H and O–H groups in total. The normalized spacial score (nSPS) is 24.9. The summed E-state index contributed by atoms with van der Waals surface area (Å²) in [6.45, 7) is 2.50. The van der Waals surface area contributed by atoms with Gasteiger partial charge in [0.1, 0.15) is 11.8 Å². The van der Waals surface area contributed by atoms with E-state index in [1.165, 1.54) is 0 Å². The van der Waals surface area contributed by atoms with Crippen LogP contribution >= 0.6 is 23.2 Å². The van der Waals surface area contributed by atoms with Gasteiger partial charge in [0.15, 0.2) is 6.61 Å². The molecule has 0 spiro atoms. The number of nitrogens with zero attached hydrogens (tertiary/aromatic N) is 1. The van der Waals surface area contributed by atoms with Crippen molar-refractivity contribution in [3.05, 3.63) is 28.2 Å². The quantitative estimate of drug-likeness (QED) is 0.727. The average Bonchev–Trinajstić information content (AvgIpc) is 3.14. The molecule has 25 heavy (non-hydrogen) atoms. The molecular formula is C18H21Cl2NO4. The van der Waals surface area contributed by atoms with E-state index in [9.17, 15) is 9.59 Å². The van der Waals surface area contributed by atoms with E-state index in [-0.39, 0.29) is 24.4 Å². The lowest BCUT2D eigenvalue weighted by atomic mass is 9.94. The maximum Gasteiger partial charge on any atom is 0.329 e. The van der Waals surface area contributed by atoms with Gasteiger partial charge in [0, 0.05) is 11.6 Å². The molecule has 2 aliphatic rings. The minimum absolute atomic E-state index is 0.170. The number of fused-ring (bicyclic) bond motifs is 1. The van der Waals surface area contributed by atoms with Crippen LogP contribution in [0.1, 0.15) is 26.2 Å². The lowest BCUT2D eigenvalue weighted by Crippen LogP contribution is -2.46. The Balaban J connectivity index is 1.68. The fraction of sp³-hybridized carbons (Fsp3) is 0.556. The number of hydrogen-bond donors (Lipinski definition) is 0. The fourth-order valence-corrected chi connectivity index (χ4v) is 4.37. The van der Waals surface area contributed by atoms with Crippen LogP contribution in [-0.4, -0.2) is 42.6 Å². The van der Waals surface area contributed by atoms with Gasteiger partial charge in [-0.1, -0.05) is 29.6 Å². The predicted octanol–water partition coefficient (Wildman–Crippen LogP) is 3.56. The molecule has 1 aromatic rings. The highest BCUT2D eigenvalue weighted by Gasteiger charge is 2.50. The van der Waals surface area contributed by atoms with E-state index >= 15 is 0 Å². The van der Waals surface area contributed by atoms with E-state index in [1.807, 2.05) is 0 Å². The number of rotatable bonds is 5. The number of likely N-dealkylation sites (tertiary alicyclic amines) is 1. The highest BCUT2D eigenvalue weighted by atomic mass is 35.5. The van der Waals surface area contributed by atoms with E-state index in [0.29, 0.717) is 34.9 Å². The first-order chi connectivity index (χ1) is 12.0. The van der Waals surface area contributed by atoms with Gasteiger partial charge in [-0.05, 0) is 49.8 Å². The molecule has 1 aliphatic carbocycles. The average molecular weight is 386 g/mol. The first kappa shape index (κ1) is 18.3. The third-order valence-electron chi connectivity index (χ3n) is 4.98. The number of carbonyl (C=O) groups excluding carboxylic acids is 2. The standard InChI is InChI=1S/C18H21Cl2NO4/c1-2-24-18(23)17-13-5-3-4-11(13)9-21(17)16(22)10-25-15-7-6-12(19)8-14(15)20/h6-8,11,13,17H,2-5,9-10H2,1H3/t11-,13-,17-/m0/s1. The summed E-state index contributed by atoms with van der Waals surface area (Å²) in [6, 6.07) is 4.34. The second-order valence-corrected chi connectivity index (χ2v) is 7.30. The summed E-state index contributed by atoms with van der Waals surface area (Å²) in [6.07, 6.45) is 3.11. The van der Waals surface area contributed by atoms with E-state index in [4.69, 9.17) is 32.7 Å². The summed E-state index contributed by atoms with van der Waals surface area (Å²) in [5, 5.41) is 0.846. The van der Waals surface area contributed by atoms with Crippen LogP contribution in [0.3, 0.4) is 0 Å². The SMILES string of the molecule is CCOC(=O)[C@@H]1[C@H]2CCC[C@H]2CN1C(=O)COc1ccc(Cl)cc1Cl. The molecule has 1 saturated carbocycles. The minimum atomic E-state index is -0.496. The molecule has 0 aromatic heterocycles. The van der Waals surface area contributed by atoms with E-state index in [2.05, 4.69) is 0 Å². The zero-order valence-corrected chi connectivity index (χ0v) is 15.6. The van der Waals surface area contributed by atoms with Gasteiger partial charge in [-0.3, -0.25) is 4.79 Å². The van der Waals surface area contributed by atoms with E-state index in [1.54, 1.807) is 30.0 Å². The van der Waals surface area contributed by atoms with Gasteiger partial charge in [0.2, 0.25) is 0 Å². The molecule has 5 nitrogen and oxygen atoms in total. The predicted molar refractivity (Wildman–Crippen MR) is 94.9 cm³/mol. The Kier molecular flexibility index (Phi) is 5.74. The number of ether oxygens (including phenoxy) is 2. The van der Waals surface area contributed by atoms with Crippen LogP contribution in [0.25, 0.3) is 0 Å². The highest BCUT2D eigenvalue weighted by Crippen LogP contribution is 2.42. The third kappa shape index (κ3) is 3.87. The van der Waals surface area contributed by atoms with Crippen LogP contribution in [0.4, 0.5) is 0 Å².